The van der Waals surface area contributed by atoms with Gasteiger partial charge in [-0.05, 0) is 49.2 Å². The minimum absolute atomic E-state index is 0.218. The summed E-state index contributed by atoms with van der Waals surface area (Å²) in [6.45, 7) is 8.33. The summed E-state index contributed by atoms with van der Waals surface area (Å²) in [7, 11) is 0. The molecule has 2 aromatic rings. The smallest absolute Gasteiger partial charge is 0.227 e. The van der Waals surface area contributed by atoms with Crippen LogP contribution in [0.5, 0.6) is 11.5 Å². The number of nitro groups is 1. The number of hydrogen-bond donors (Lipinski definition) is 0. The minimum atomic E-state index is -1.15. The van der Waals surface area contributed by atoms with Crippen molar-refractivity contribution in [2.75, 3.05) is 13.2 Å². The Morgan fingerprint density at radius 3 is 1.52 bits per heavy atom. The van der Waals surface area contributed by atoms with Crippen molar-refractivity contribution in [3.05, 3.63) is 69.8 Å². The summed E-state index contributed by atoms with van der Waals surface area (Å²) in [5, 5.41) is 11.7. The third-order valence-corrected chi connectivity index (χ3v) is 4.23. The van der Waals surface area contributed by atoms with E-state index in [0.717, 1.165) is 22.6 Å². The molecule has 5 nitrogen and oxygen atoms in total. The molecule has 0 fully saturated rings. The van der Waals surface area contributed by atoms with Crippen LogP contribution in [0.2, 0.25) is 0 Å². The summed E-state index contributed by atoms with van der Waals surface area (Å²) in [5.74, 6) is 1.14. The van der Waals surface area contributed by atoms with Crippen molar-refractivity contribution >= 4 is 0 Å². The predicted octanol–water partition coefficient (Wildman–Crippen LogP) is 4.67. The van der Waals surface area contributed by atoms with Gasteiger partial charge in [0.05, 0.1) is 19.1 Å². The maximum absolute atomic E-state index is 11.7. The van der Waals surface area contributed by atoms with Gasteiger partial charge in [0.15, 0.2) is 0 Å². The van der Waals surface area contributed by atoms with Gasteiger partial charge in [-0.25, -0.2) is 0 Å². The first kappa shape index (κ1) is 18.8. The normalized spacial score (nSPS) is 11.4. The van der Waals surface area contributed by atoms with E-state index < -0.39 is 5.54 Å². The molecule has 0 N–H and O–H groups in total. The fourth-order valence-electron chi connectivity index (χ4n) is 2.96. The Labute approximate surface area is 148 Å². The first-order valence-corrected chi connectivity index (χ1v) is 8.50. The van der Waals surface area contributed by atoms with Crippen LogP contribution in [-0.2, 0) is 0 Å². The molecule has 2 aromatic carbocycles. The summed E-state index contributed by atoms with van der Waals surface area (Å²) in [5.41, 5.74) is 0.615. The molecule has 0 saturated heterocycles. The number of ether oxygens (including phenoxy) is 2. The van der Waals surface area contributed by atoms with E-state index in [1.54, 1.807) is 13.8 Å². The van der Waals surface area contributed by atoms with E-state index in [0.29, 0.717) is 13.2 Å². The third kappa shape index (κ3) is 4.29. The average Bonchev–Trinajstić information content (AvgIpc) is 2.58. The Balaban J connectivity index is 2.44. The Bertz CT molecular complexity index is 643. The zero-order valence-electron chi connectivity index (χ0n) is 15.2. The molecular formula is C20H25NO4. The lowest BCUT2D eigenvalue weighted by atomic mass is 9.77. The van der Waals surface area contributed by atoms with E-state index in [4.69, 9.17) is 9.47 Å². The molecule has 134 valence electrons. The van der Waals surface area contributed by atoms with E-state index in [1.165, 1.54) is 0 Å². The monoisotopic (exact) mass is 343 g/mol. The molecule has 0 spiro atoms. The van der Waals surface area contributed by atoms with Crippen LogP contribution in [0.4, 0.5) is 0 Å². The number of rotatable bonds is 8. The fraction of sp³-hybridized carbons (Fsp3) is 0.400. The van der Waals surface area contributed by atoms with Crippen LogP contribution < -0.4 is 9.47 Å². The van der Waals surface area contributed by atoms with Crippen LogP contribution in [0.25, 0.3) is 0 Å². The van der Waals surface area contributed by atoms with E-state index >= 15 is 0 Å². The van der Waals surface area contributed by atoms with Crippen LogP contribution in [0.3, 0.4) is 0 Å². The quantitative estimate of drug-likeness (QED) is 0.516. The van der Waals surface area contributed by atoms with E-state index in [9.17, 15) is 10.1 Å². The molecule has 0 saturated carbocycles. The van der Waals surface area contributed by atoms with Crippen molar-refractivity contribution in [1.29, 1.82) is 0 Å². The summed E-state index contributed by atoms with van der Waals surface area (Å²) in [6, 6.07) is 15.0. The summed E-state index contributed by atoms with van der Waals surface area (Å²) >= 11 is 0. The first-order valence-electron chi connectivity index (χ1n) is 8.50. The standard InChI is InChI=1S/C20H25NO4/c1-5-24-17-11-7-15(8-12-17)19(20(3,4)21(22)23)16-9-13-18(14-10-16)25-6-2/h7-14,19H,5-6H2,1-4H3. The summed E-state index contributed by atoms with van der Waals surface area (Å²) in [4.78, 5) is 11.5. The molecular weight excluding hydrogens is 318 g/mol. The fourth-order valence-corrected chi connectivity index (χ4v) is 2.96. The van der Waals surface area contributed by atoms with Crippen LogP contribution in [0.15, 0.2) is 48.5 Å². The Morgan fingerprint density at radius 1 is 0.880 bits per heavy atom. The number of hydrogen-bond acceptors (Lipinski definition) is 4. The highest BCUT2D eigenvalue weighted by atomic mass is 16.6. The molecule has 0 aliphatic carbocycles. The largest absolute Gasteiger partial charge is 0.494 e. The molecule has 0 atom stereocenters. The van der Waals surface area contributed by atoms with Crippen molar-refractivity contribution in [1.82, 2.24) is 0 Å². The number of benzene rings is 2. The molecule has 0 bridgehead atoms. The van der Waals surface area contributed by atoms with Crippen molar-refractivity contribution in [2.45, 2.75) is 39.2 Å². The average molecular weight is 343 g/mol. The van der Waals surface area contributed by atoms with Gasteiger partial charge in [-0.2, -0.15) is 0 Å². The van der Waals surface area contributed by atoms with E-state index in [2.05, 4.69) is 0 Å². The molecule has 0 amide bonds. The minimum Gasteiger partial charge on any atom is -0.494 e. The molecule has 0 aliphatic rings. The summed E-state index contributed by atoms with van der Waals surface area (Å²) < 4.78 is 10.9. The van der Waals surface area contributed by atoms with Crippen LogP contribution in [-0.4, -0.2) is 23.7 Å². The SMILES string of the molecule is CCOc1ccc(C(c2ccc(OCC)cc2)C(C)(C)[N+](=O)[O-])cc1. The van der Waals surface area contributed by atoms with E-state index in [1.807, 2.05) is 62.4 Å². The molecule has 0 heterocycles. The highest BCUT2D eigenvalue weighted by Gasteiger charge is 2.42. The third-order valence-electron chi connectivity index (χ3n) is 4.23. The second-order valence-electron chi connectivity index (χ2n) is 6.35. The molecule has 25 heavy (non-hydrogen) atoms. The van der Waals surface area contributed by atoms with Crippen LogP contribution >= 0.6 is 0 Å². The van der Waals surface area contributed by atoms with Gasteiger partial charge < -0.3 is 9.47 Å². The lowest BCUT2D eigenvalue weighted by molar-refractivity contribution is -0.563. The molecule has 2 rings (SSSR count). The van der Waals surface area contributed by atoms with Gasteiger partial charge in [-0.15, -0.1) is 0 Å². The predicted molar refractivity (Wildman–Crippen MR) is 98.1 cm³/mol. The highest BCUT2D eigenvalue weighted by Crippen LogP contribution is 2.38. The van der Waals surface area contributed by atoms with Crippen molar-refractivity contribution < 1.29 is 14.4 Å². The Kier molecular flexibility index (Phi) is 6.02. The van der Waals surface area contributed by atoms with Crippen LogP contribution in [0.1, 0.15) is 44.7 Å². The second-order valence-corrected chi connectivity index (χ2v) is 6.35. The molecule has 0 radical (unpaired) electrons. The maximum Gasteiger partial charge on any atom is 0.227 e. The topological polar surface area (TPSA) is 61.6 Å². The Morgan fingerprint density at radius 2 is 1.24 bits per heavy atom. The van der Waals surface area contributed by atoms with Gasteiger partial charge in [0.25, 0.3) is 0 Å². The lowest BCUT2D eigenvalue weighted by Gasteiger charge is -2.28. The highest BCUT2D eigenvalue weighted by molar-refractivity contribution is 5.40. The van der Waals surface area contributed by atoms with Gasteiger partial charge in [-0.3, -0.25) is 10.1 Å². The van der Waals surface area contributed by atoms with Crippen LogP contribution in [0, 0.1) is 10.1 Å². The maximum atomic E-state index is 11.7. The van der Waals surface area contributed by atoms with Gasteiger partial charge in [0, 0.05) is 18.8 Å². The van der Waals surface area contributed by atoms with E-state index in [-0.39, 0.29) is 10.8 Å². The Hall–Kier alpha value is -2.56. The van der Waals surface area contributed by atoms with Crippen molar-refractivity contribution in [2.24, 2.45) is 0 Å². The molecule has 5 heteroatoms. The second kappa shape index (κ2) is 8.01. The zero-order valence-corrected chi connectivity index (χ0v) is 15.2. The lowest BCUT2D eigenvalue weighted by Crippen LogP contribution is -2.38. The zero-order chi connectivity index (χ0) is 18.4. The van der Waals surface area contributed by atoms with Gasteiger partial charge >= 0.3 is 0 Å². The molecule has 0 unspecified atom stereocenters. The first-order chi connectivity index (χ1) is 11.9. The van der Waals surface area contributed by atoms with Crippen molar-refractivity contribution in [3.63, 3.8) is 0 Å². The number of nitrogens with zero attached hydrogens (tertiary/aromatic N) is 1. The summed E-state index contributed by atoms with van der Waals surface area (Å²) in [6.07, 6.45) is 0. The molecule has 0 aromatic heterocycles. The van der Waals surface area contributed by atoms with Gasteiger partial charge in [-0.1, -0.05) is 24.3 Å². The molecule has 0 aliphatic heterocycles. The van der Waals surface area contributed by atoms with Gasteiger partial charge in [0.1, 0.15) is 11.5 Å². The van der Waals surface area contributed by atoms with Gasteiger partial charge in [0.2, 0.25) is 5.54 Å². The van der Waals surface area contributed by atoms with Crippen molar-refractivity contribution in [3.8, 4) is 11.5 Å².